The molecule has 0 aliphatic heterocycles. The molecule has 2 atom stereocenters. The maximum atomic E-state index is 12.2. The highest BCUT2D eigenvalue weighted by Crippen LogP contribution is 2.11. The summed E-state index contributed by atoms with van der Waals surface area (Å²) in [7, 11) is 5.18. The van der Waals surface area contributed by atoms with E-state index in [0.29, 0.717) is 11.3 Å². The van der Waals surface area contributed by atoms with Gasteiger partial charge in [0.15, 0.2) is 18.4 Å². The lowest BCUT2D eigenvalue weighted by molar-refractivity contribution is -0.886. The summed E-state index contributed by atoms with van der Waals surface area (Å²) in [5.74, 6) is -0.274. The Labute approximate surface area is 131 Å². The zero-order valence-electron chi connectivity index (χ0n) is 13.8. The number of Topliss-reactive ketones (excluding diaryl/α,β-unsaturated/α-hetero) is 1. The van der Waals surface area contributed by atoms with E-state index in [-0.39, 0.29) is 30.2 Å². The predicted octanol–water partition coefficient (Wildman–Crippen LogP) is -0.181. The normalized spacial score (nSPS) is 13.1. The maximum absolute atomic E-state index is 12.2. The monoisotopic (exact) mass is 306 g/mol. The van der Waals surface area contributed by atoms with Crippen LogP contribution in [0.4, 0.5) is 5.69 Å². The van der Waals surface area contributed by atoms with Crippen molar-refractivity contribution in [1.29, 1.82) is 0 Å². The van der Waals surface area contributed by atoms with Gasteiger partial charge in [0.2, 0.25) is 0 Å². The van der Waals surface area contributed by atoms with E-state index in [4.69, 9.17) is 0 Å². The molecule has 1 unspecified atom stereocenters. The Morgan fingerprint density at radius 3 is 2.45 bits per heavy atom. The van der Waals surface area contributed by atoms with E-state index in [9.17, 15) is 14.4 Å². The fourth-order valence-corrected chi connectivity index (χ4v) is 1.84. The Morgan fingerprint density at radius 1 is 1.27 bits per heavy atom. The van der Waals surface area contributed by atoms with Crippen molar-refractivity contribution in [2.45, 2.75) is 19.9 Å². The van der Waals surface area contributed by atoms with Gasteiger partial charge in [0.25, 0.3) is 11.8 Å². The average Bonchev–Trinajstić information content (AvgIpc) is 2.46. The first-order valence-corrected chi connectivity index (χ1v) is 7.16. The third-order valence-corrected chi connectivity index (χ3v) is 3.60. The van der Waals surface area contributed by atoms with Gasteiger partial charge in [0.05, 0.1) is 7.05 Å². The van der Waals surface area contributed by atoms with E-state index >= 15 is 0 Å². The Hall–Kier alpha value is -2.21. The predicted molar refractivity (Wildman–Crippen MR) is 85.0 cm³/mol. The Balaban J connectivity index is 2.69. The highest BCUT2D eigenvalue weighted by molar-refractivity contribution is 5.98. The number of anilines is 1. The second-order valence-electron chi connectivity index (χ2n) is 5.66. The van der Waals surface area contributed by atoms with Crippen molar-refractivity contribution < 1.29 is 19.3 Å². The van der Waals surface area contributed by atoms with Crippen LogP contribution in [0.1, 0.15) is 24.2 Å². The Kier molecular flexibility index (Phi) is 6.24. The Morgan fingerprint density at radius 2 is 1.91 bits per heavy atom. The van der Waals surface area contributed by atoms with Crippen molar-refractivity contribution in [3.63, 3.8) is 0 Å². The molecule has 2 N–H and O–H groups in total. The summed E-state index contributed by atoms with van der Waals surface area (Å²) in [4.78, 5) is 37.6. The molecule has 0 aromatic heterocycles. The lowest BCUT2D eigenvalue weighted by Gasteiger charge is -2.22. The molecule has 1 aromatic carbocycles. The lowest BCUT2D eigenvalue weighted by atomic mass is 10.1. The number of likely N-dealkylation sites (N-methyl/N-ethyl adjacent to an activating group) is 2. The standard InChI is InChI=1S/C16H23N3O3/c1-11(19(5)10-15(21)18(3)4)16(22)17-14-8-6-7-13(9-14)12(2)20/h6-9,11H,10H2,1-5H3,(H,17,22)/p+1/t11-/m0/s1. The highest BCUT2D eigenvalue weighted by Gasteiger charge is 2.24. The molecule has 0 aliphatic carbocycles. The third-order valence-electron chi connectivity index (χ3n) is 3.60. The number of rotatable bonds is 6. The van der Waals surface area contributed by atoms with Crippen LogP contribution in [0.3, 0.4) is 0 Å². The van der Waals surface area contributed by atoms with Crippen molar-refractivity contribution in [2.24, 2.45) is 0 Å². The minimum Gasteiger partial charge on any atom is -0.344 e. The maximum Gasteiger partial charge on any atom is 0.282 e. The number of amides is 2. The highest BCUT2D eigenvalue weighted by atomic mass is 16.2. The number of nitrogens with zero attached hydrogens (tertiary/aromatic N) is 1. The first-order valence-electron chi connectivity index (χ1n) is 7.16. The summed E-state index contributed by atoms with van der Waals surface area (Å²) in [6.07, 6.45) is 0. The van der Waals surface area contributed by atoms with Crippen LogP contribution >= 0.6 is 0 Å². The molecule has 120 valence electrons. The van der Waals surface area contributed by atoms with Crippen LogP contribution in [0.2, 0.25) is 0 Å². The number of quaternary nitrogens is 1. The van der Waals surface area contributed by atoms with Crippen molar-refractivity contribution in [3.05, 3.63) is 29.8 Å². The number of benzene rings is 1. The van der Waals surface area contributed by atoms with E-state index in [0.717, 1.165) is 4.90 Å². The molecule has 0 spiro atoms. The largest absolute Gasteiger partial charge is 0.344 e. The summed E-state index contributed by atoms with van der Waals surface area (Å²) < 4.78 is 0. The second-order valence-corrected chi connectivity index (χ2v) is 5.66. The zero-order valence-corrected chi connectivity index (χ0v) is 13.8. The van der Waals surface area contributed by atoms with Crippen molar-refractivity contribution >= 4 is 23.3 Å². The number of hydrogen-bond donors (Lipinski definition) is 2. The van der Waals surface area contributed by atoms with Crippen LogP contribution in [0.15, 0.2) is 24.3 Å². The van der Waals surface area contributed by atoms with Crippen molar-refractivity contribution in [2.75, 3.05) is 33.0 Å². The molecule has 2 amide bonds. The van der Waals surface area contributed by atoms with Crippen LogP contribution in [-0.4, -0.2) is 56.2 Å². The number of ketones is 1. The third kappa shape index (κ3) is 4.96. The molecule has 0 radical (unpaired) electrons. The molecule has 1 aromatic rings. The topological polar surface area (TPSA) is 70.9 Å². The molecule has 0 heterocycles. The molecular weight excluding hydrogens is 282 g/mol. The minimum absolute atomic E-state index is 0.0317. The first kappa shape index (κ1) is 17.8. The molecule has 0 saturated heterocycles. The van der Waals surface area contributed by atoms with Crippen molar-refractivity contribution in [1.82, 2.24) is 4.90 Å². The fraction of sp³-hybridized carbons (Fsp3) is 0.438. The lowest BCUT2D eigenvalue weighted by Crippen LogP contribution is -3.15. The number of hydrogen-bond acceptors (Lipinski definition) is 3. The van der Waals surface area contributed by atoms with Gasteiger partial charge >= 0.3 is 0 Å². The van der Waals surface area contributed by atoms with Gasteiger partial charge in [-0.3, -0.25) is 14.4 Å². The van der Waals surface area contributed by atoms with Crippen LogP contribution in [-0.2, 0) is 9.59 Å². The van der Waals surface area contributed by atoms with Gasteiger partial charge in [0, 0.05) is 25.3 Å². The van der Waals surface area contributed by atoms with E-state index in [1.807, 2.05) is 0 Å². The van der Waals surface area contributed by atoms with Gasteiger partial charge in [0.1, 0.15) is 0 Å². The van der Waals surface area contributed by atoms with Gasteiger partial charge in [-0.25, -0.2) is 0 Å². The van der Waals surface area contributed by atoms with Gasteiger partial charge in [-0.15, -0.1) is 0 Å². The molecule has 22 heavy (non-hydrogen) atoms. The first-order chi connectivity index (χ1) is 10.2. The molecule has 0 aliphatic rings. The smallest absolute Gasteiger partial charge is 0.282 e. The van der Waals surface area contributed by atoms with Crippen molar-refractivity contribution in [3.8, 4) is 0 Å². The molecule has 0 fully saturated rings. The van der Waals surface area contributed by atoms with Crippen LogP contribution in [0.25, 0.3) is 0 Å². The Bertz CT molecular complexity index is 570. The summed E-state index contributed by atoms with van der Waals surface area (Å²) in [5, 5.41) is 2.78. The van der Waals surface area contributed by atoms with Gasteiger partial charge in [-0.1, -0.05) is 12.1 Å². The number of carbonyl (C=O) groups excluding carboxylic acids is 3. The number of carbonyl (C=O) groups is 3. The van der Waals surface area contributed by atoms with Gasteiger partial charge in [-0.05, 0) is 26.0 Å². The molecule has 0 saturated carbocycles. The second kappa shape index (κ2) is 7.70. The van der Waals surface area contributed by atoms with Gasteiger partial charge < -0.3 is 15.1 Å². The summed E-state index contributed by atoms with van der Waals surface area (Å²) in [6.45, 7) is 3.49. The van der Waals surface area contributed by atoms with Crippen LogP contribution in [0, 0.1) is 0 Å². The van der Waals surface area contributed by atoms with E-state index in [2.05, 4.69) is 5.32 Å². The van der Waals surface area contributed by atoms with Gasteiger partial charge in [-0.2, -0.15) is 0 Å². The quantitative estimate of drug-likeness (QED) is 0.716. The summed E-state index contributed by atoms with van der Waals surface area (Å²) in [6, 6.07) is 6.42. The molecule has 1 rings (SSSR count). The summed E-state index contributed by atoms with van der Waals surface area (Å²) >= 11 is 0. The molecule has 6 heteroatoms. The zero-order chi connectivity index (χ0) is 16.9. The number of nitrogens with one attached hydrogen (secondary N) is 2. The van der Waals surface area contributed by atoms with E-state index in [1.165, 1.54) is 11.8 Å². The fourth-order valence-electron chi connectivity index (χ4n) is 1.84. The molecular formula is C16H24N3O3+. The molecule has 0 bridgehead atoms. The summed E-state index contributed by atoms with van der Waals surface area (Å²) in [5.41, 5.74) is 1.13. The minimum atomic E-state index is -0.384. The van der Waals surface area contributed by atoms with E-state index < -0.39 is 0 Å². The SMILES string of the molecule is CC(=O)c1cccc(NC(=O)[C@H](C)[NH+](C)CC(=O)N(C)C)c1. The molecule has 6 nitrogen and oxygen atoms in total. The van der Waals surface area contributed by atoms with Crippen LogP contribution < -0.4 is 10.2 Å². The van der Waals surface area contributed by atoms with E-state index in [1.54, 1.807) is 52.3 Å². The average molecular weight is 306 g/mol. The van der Waals surface area contributed by atoms with Crippen LogP contribution in [0.5, 0.6) is 0 Å².